The predicted octanol–water partition coefficient (Wildman–Crippen LogP) is 3.76. The number of aryl methyl sites for hydroxylation is 2. The zero-order chi connectivity index (χ0) is 20.0. The van der Waals surface area contributed by atoms with Crippen molar-refractivity contribution < 1.29 is 17.9 Å². The highest BCUT2D eigenvalue weighted by molar-refractivity contribution is 7.89. The fourth-order valence-corrected chi connectivity index (χ4v) is 4.83. The zero-order valence-corrected chi connectivity index (χ0v) is 17.1. The molecule has 0 aromatic heterocycles. The Bertz CT molecular complexity index is 958. The first-order valence-electron chi connectivity index (χ1n) is 8.90. The maximum atomic E-state index is 13.2. The average molecular weight is 388 g/mol. The van der Waals surface area contributed by atoms with Crippen LogP contribution in [0.25, 0.3) is 0 Å². The van der Waals surface area contributed by atoms with Crippen LogP contribution in [0.3, 0.4) is 0 Å². The van der Waals surface area contributed by atoms with Gasteiger partial charge in [0.25, 0.3) is 0 Å². The third-order valence-corrected chi connectivity index (χ3v) is 6.26. The number of benzene rings is 2. The van der Waals surface area contributed by atoms with Gasteiger partial charge in [-0.1, -0.05) is 47.5 Å². The molecule has 0 bridgehead atoms. The molecule has 2 aromatic carbocycles. The SMILES string of the molecule is Cc1ccc(S(=O)(=O)N2C(C(=O)OC(C)(C)C)C2c2cccc(C)c2)cc1. The van der Waals surface area contributed by atoms with E-state index in [1.54, 1.807) is 45.0 Å². The van der Waals surface area contributed by atoms with E-state index in [0.717, 1.165) is 16.7 Å². The van der Waals surface area contributed by atoms with E-state index in [9.17, 15) is 13.2 Å². The highest BCUT2D eigenvalue weighted by atomic mass is 32.2. The molecule has 0 aliphatic carbocycles. The lowest BCUT2D eigenvalue weighted by molar-refractivity contribution is -0.154. The number of esters is 1. The molecule has 0 radical (unpaired) electrons. The lowest BCUT2D eigenvalue weighted by Crippen LogP contribution is -2.29. The predicted molar refractivity (Wildman–Crippen MR) is 104 cm³/mol. The normalized spacial score (nSPS) is 22.3. The standard InChI is InChI=1S/C21H25NO4S/c1-14-9-11-17(12-10-14)27(24,25)22-18(16-8-6-7-15(2)13-16)19(22)20(23)26-21(3,4)5/h6-13,18-19H,1-5H3. The molecule has 0 saturated carbocycles. The maximum absolute atomic E-state index is 13.2. The summed E-state index contributed by atoms with van der Waals surface area (Å²) in [5, 5.41) is 0. The topological polar surface area (TPSA) is 63.5 Å². The van der Waals surface area contributed by atoms with Crippen LogP contribution in [-0.4, -0.2) is 30.3 Å². The van der Waals surface area contributed by atoms with Crippen LogP contribution >= 0.6 is 0 Å². The summed E-state index contributed by atoms with van der Waals surface area (Å²) in [6, 6.07) is 12.8. The molecule has 27 heavy (non-hydrogen) atoms. The molecule has 1 aliphatic rings. The summed E-state index contributed by atoms with van der Waals surface area (Å²) >= 11 is 0. The third-order valence-electron chi connectivity index (χ3n) is 4.39. The molecule has 0 N–H and O–H groups in total. The summed E-state index contributed by atoms with van der Waals surface area (Å²) in [4.78, 5) is 12.9. The molecule has 144 valence electrons. The molecule has 1 aliphatic heterocycles. The molecule has 3 unspecified atom stereocenters. The average Bonchev–Trinajstić information content (AvgIpc) is 3.30. The smallest absolute Gasteiger partial charge is 0.327 e. The van der Waals surface area contributed by atoms with Crippen molar-refractivity contribution in [2.24, 2.45) is 0 Å². The Labute approximate surface area is 161 Å². The van der Waals surface area contributed by atoms with E-state index in [1.165, 1.54) is 4.31 Å². The van der Waals surface area contributed by atoms with E-state index in [2.05, 4.69) is 0 Å². The van der Waals surface area contributed by atoms with E-state index in [-0.39, 0.29) is 4.90 Å². The molecule has 0 spiro atoms. The molecule has 0 amide bonds. The third kappa shape index (κ3) is 4.06. The van der Waals surface area contributed by atoms with E-state index in [1.807, 2.05) is 38.1 Å². The molecular formula is C21H25NO4S. The summed E-state index contributed by atoms with van der Waals surface area (Å²) in [6.45, 7) is 9.15. The van der Waals surface area contributed by atoms with Crippen LogP contribution in [0.15, 0.2) is 53.4 Å². The van der Waals surface area contributed by atoms with Crippen LogP contribution in [0, 0.1) is 13.8 Å². The molecule has 3 atom stereocenters. The van der Waals surface area contributed by atoms with Crippen LogP contribution in [0.1, 0.15) is 43.5 Å². The fourth-order valence-electron chi connectivity index (χ4n) is 3.12. The molecule has 1 fully saturated rings. The van der Waals surface area contributed by atoms with Crippen molar-refractivity contribution in [3.63, 3.8) is 0 Å². The van der Waals surface area contributed by atoms with Gasteiger partial charge >= 0.3 is 5.97 Å². The zero-order valence-electron chi connectivity index (χ0n) is 16.3. The number of hydrogen-bond donors (Lipinski definition) is 0. The van der Waals surface area contributed by atoms with Crippen molar-refractivity contribution in [3.8, 4) is 0 Å². The molecule has 1 heterocycles. The number of carbonyl (C=O) groups is 1. The van der Waals surface area contributed by atoms with Crippen LogP contribution < -0.4 is 0 Å². The first kappa shape index (κ1) is 19.6. The number of sulfonamides is 1. The number of carbonyl (C=O) groups excluding carboxylic acids is 1. The highest BCUT2D eigenvalue weighted by Crippen LogP contribution is 2.48. The molecule has 6 heteroatoms. The van der Waals surface area contributed by atoms with Gasteiger partial charge < -0.3 is 4.74 Å². The summed E-state index contributed by atoms with van der Waals surface area (Å²) < 4.78 is 33.1. The molecule has 3 rings (SSSR count). The fraction of sp³-hybridized carbons (Fsp3) is 0.381. The first-order valence-corrected chi connectivity index (χ1v) is 10.3. The Kier molecular flexibility index (Phi) is 4.91. The second-order valence-corrected chi connectivity index (χ2v) is 9.83. The Morgan fingerprint density at radius 1 is 1.00 bits per heavy atom. The molecule has 2 aromatic rings. The Morgan fingerprint density at radius 2 is 1.63 bits per heavy atom. The van der Waals surface area contributed by atoms with Crippen molar-refractivity contribution in [2.75, 3.05) is 0 Å². The van der Waals surface area contributed by atoms with Crippen LogP contribution in [0.2, 0.25) is 0 Å². The summed E-state index contributed by atoms with van der Waals surface area (Å²) in [5.74, 6) is -0.523. The maximum Gasteiger partial charge on any atom is 0.327 e. The van der Waals surface area contributed by atoms with Gasteiger partial charge in [-0.3, -0.25) is 4.79 Å². The summed E-state index contributed by atoms with van der Waals surface area (Å²) in [5.41, 5.74) is 2.09. The van der Waals surface area contributed by atoms with Gasteiger partial charge in [-0.15, -0.1) is 0 Å². The Balaban J connectivity index is 1.99. The Morgan fingerprint density at radius 3 is 2.19 bits per heavy atom. The van der Waals surface area contributed by atoms with Gasteiger partial charge in [0.05, 0.1) is 10.9 Å². The van der Waals surface area contributed by atoms with E-state index < -0.39 is 33.7 Å². The lowest BCUT2D eigenvalue weighted by Gasteiger charge is -2.19. The van der Waals surface area contributed by atoms with Gasteiger partial charge in [0.15, 0.2) is 0 Å². The molecule has 1 saturated heterocycles. The van der Waals surface area contributed by atoms with E-state index in [0.29, 0.717) is 0 Å². The molecular weight excluding hydrogens is 362 g/mol. The number of ether oxygens (including phenoxy) is 1. The van der Waals surface area contributed by atoms with Crippen molar-refractivity contribution >= 4 is 16.0 Å². The van der Waals surface area contributed by atoms with Gasteiger partial charge in [-0.05, 0) is 52.3 Å². The van der Waals surface area contributed by atoms with Crippen molar-refractivity contribution in [3.05, 3.63) is 65.2 Å². The van der Waals surface area contributed by atoms with Gasteiger partial charge in [-0.2, -0.15) is 4.31 Å². The van der Waals surface area contributed by atoms with Crippen LogP contribution in [0.4, 0.5) is 0 Å². The van der Waals surface area contributed by atoms with E-state index >= 15 is 0 Å². The number of rotatable bonds is 4. The van der Waals surface area contributed by atoms with Crippen molar-refractivity contribution in [1.29, 1.82) is 0 Å². The quantitative estimate of drug-likeness (QED) is 0.592. The van der Waals surface area contributed by atoms with Crippen molar-refractivity contribution in [2.45, 2.75) is 57.2 Å². The minimum Gasteiger partial charge on any atom is -0.459 e. The second-order valence-electron chi connectivity index (χ2n) is 7.99. The largest absolute Gasteiger partial charge is 0.459 e. The minimum absolute atomic E-state index is 0.178. The van der Waals surface area contributed by atoms with Crippen LogP contribution in [0.5, 0.6) is 0 Å². The lowest BCUT2D eigenvalue weighted by atomic mass is 10.1. The number of nitrogens with zero attached hydrogens (tertiary/aromatic N) is 1. The molecule has 5 nitrogen and oxygen atoms in total. The van der Waals surface area contributed by atoms with Gasteiger partial charge in [-0.25, -0.2) is 8.42 Å². The second kappa shape index (κ2) is 6.77. The number of hydrogen-bond acceptors (Lipinski definition) is 4. The Hall–Kier alpha value is -2.18. The monoisotopic (exact) mass is 387 g/mol. The van der Waals surface area contributed by atoms with Crippen molar-refractivity contribution in [1.82, 2.24) is 4.31 Å². The summed E-state index contributed by atoms with van der Waals surface area (Å²) in [7, 11) is -3.81. The van der Waals surface area contributed by atoms with Gasteiger partial charge in [0.2, 0.25) is 10.0 Å². The van der Waals surface area contributed by atoms with Crippen LogP contribution in [-0.2, 0) is 19.6 Å². The highest BCUT2D eigenvalue weighted by Gasteiger charge is 2.61. The van der Waals surface area contributed by atoms with Gasteiger partial charge in [0.1, 0.15) is 11.6 Å². The first-order chi connectivity index (χ1) is 12.5. The van der Waals surface area contributed by atoms with E-state index in [4.69, 9.17) is 4.74 Å². The summed E-state index contributed by atoms with van der Waals surface area (Å²) in [6.07, 6.45) is 0. The minimum atomic E-state index is -3.81. The van der Waals surface area contributed by atoms with Gasteiger partial charge in [0, 0.05) is 0 Å².